The molecule has 224 valence electrons. The second-order valence-corrected chi connectivity index (χ2v) is 11.1. The zero-order valence-electron chi connectivity index (χ0n) is 22.4. The fourth-order valence-corrected chi connectivity index (χ4v) is 5.53. The molecule has 0 spiro atoms. The number of carboxylic acids is 1. The Morgan fingerprint density at radius 1 is 1.05 bits per heavy atom. The van der Waals surface area contributed by atoms with Crippen molar-refractivity contribution < 1.29 is 41.3 Å². The number of nitrogens with zero attached hydrogens (tertiary/aromatic N) is 4. The minimum Gasteiger partial charge on any atom is -0.478 e. The number of fused-ring (bicyclic) bond motifs is 1. The number of hydrogen-bond acceptors (Lipinski definition) is 7. The summed E-state index contributed by atoms with van der Waals surface area (Å²) >= 11 is 0.823. The van der Waals surface area contributed by atoms with Gasteiger partial charge in [0.25, 0.3) is 5.88 Å². The maximum absolute atomic E-state index is 15.4. The summed E-state index contributed by atoms with van der Waals surface area (Å²) in [6.45, 7) is 0.286. The molecule has 1 N–H and O–H groups in total. The van der Waals surface area contributed by atoms with Crippen molar-refractivity contribution in [3.05, 3.63) is 98.3 Å². The van der Waals surface area contributed by atoms with Crippen LogP contribution in [-0.4, -0.2) is 38.3 Å². The van der Waals surface area contributed by atoms with Gasteiger partial charge in [-0.3, -0.25) is 0 Å². The molecular formula is C30H19F5N4O4S. The Kier molecular flexibility index (Phi) is 7.74. The summed E-state index contributed by atoms with van der Waals surface area (Å²) in [4.78, 5) is 19.9. The molecule has 6 rings (SSSR count). The van der Waals surface area contributed by atoms with Crippen LogP contribution in [0.1, 0.15) is 37.9 Å². The van der Waals surface area contributed by atoms with Gasteiger partial charge in [0.2, 0.25) is 0 Å². The van der Waals surface area contributed by atoms with Crippen molar-refractivity contribution in [1.82, 2.24) is 14.5 Å². The number of carboxylic acid groups (broad SMARTS) is 1. The highest BCUT2D eigenvalue weighted by atomic mass is 32.1. The first-order chi connectivity index (χ1) is 21.1. The van der Waals surface area contributed by atoms with Crippen molar-refractivity contribution in [3.63, 3.8) is 0 Å². The van der Waals surface area contributed by atoms with E-state index in [-0.39, 0.29) is 68.1 Å². The first kappa shape index (κ1) is 29.2. The summed E-state index contributed by atoms with van der Waals surface area (Å²) in [6, 6.07) is 8.79. The van der Waals surface area contributed by atoms with Crippen molar-refractivity contribution in [3.8, 4) is 23.2 Å². The molecule has 3 aromatic heterocycles. The van der Waals surface area contributed by atoms with Crippen LogP contribution in [0.3, 0.4) is 0 Å². The molecule has 0 radical (unpaired) electrons. The lowest BCUT2D eigenvalue weighted by Crippen LogP contribution is -2.31. The lowest BCUT2D eigenvalue weighted by atomic mass is 10.0. The van der Waals surface area contributed by atoms with Crippen LogP contribution in [0.4, 0.5) is 22.0 Å². The number of aromatic carboxylic acids is 1. The molecule has 8 nitrogen and oxygen atoms in total. The van der Waals surface area contributed by atoms with Gasteiger partial charge in [0, 0.05) is 24.7 Å². The van der Waals surface area contributed by atoms with Gasteiger partial charge in [-0.25, -0.2) is 36.7 Å². The lowest BCUT2D eigenvalue weighted by Gasteiger charge is -2.27. The van der Waals surface area contributed by atoms with Crippen LogP contribution in [0.5, 0.6) is 5.88 Å². The van der Waals surface area contributed by atoms with Crippen LogP contribution in [0.2, 0.25) is 0 Å². The van der Waals surface area contributed by atoms with Crippen molar-refractivity contribution in [1.29, 1.82) is 5.26 Å². The first-order valence-electron chi connectivity index (χ1n) is 13.1. The molecule has 1 aliphatic heterocycles. The van der Waals surface area contributed by atoms with Crippen LogP contribution >= 0.6 is 11.3 Å². The molecule has 0 amide bonds. The fourth-order valence-electron chi connectivity index (χ4n) is 4.78. The number of pyridine rings is 1. The Balaban J connectivity index is 1.31. The van der Waals surface area contributed by atoms with E-state index in [4.69, 9.17) is 14.7 Å². The van der Waals surface area contributed by atoms with Gasteiger partial charge in [-0.2, -0.15) is 5.26 Å². The Hall–Kier alpha value is -4.87. The van der Waals surface area contributed by atoms with E-state index in [0.29, 0.717) is 13.0 Å². The van der Waals surface area contributed by atoms with Crippen molar-refractivity contribution >= 4 is 28.3 Å². The third kappa shape index (κ3) is 5.59. The molecule has 5 aromatic rings. The molecule has 44 heavy (non-hydrogen) atoms. The van der Waals surface area contributed by atoms with Gasteiger partial charge in [-0.1, -0.05) is 0 Å². The molecule has 4 heterocycles. The van der Waals surface area contributed by atoms with Crippen LogP contribution in [0.25, 0.3) is 22.3 Å². The number of rotatable bonds is 9. The zero-order valence-corrected chi connectivity index (χ0v) is 23.2. The van der Waals surface area contributed by atoms with E-state index in [9.17, 15) is 23.1 Å². The number of nitriles is 1. The van der Waals surface area contributed by atoms with Gasteiger partial charge in [0.05, 0.1) is 34.3 Å². The van der Waals surface area contributed by atoms with E-state index in [2.05, 4.69) is 9.97 Å². The van der Waals surface area contributed by atoms with E-state index in [0.717, 1.165) is 47.7 Å². The standard InChI is InChI=1S/C30H19F5N4O4S/c31-19-1-2-24(37-29(19)43-13-26-22(34)9-17(11-36)44-26)18-10-20(32)14(5-21(18)33)8-27-38-28-23(35)6-15(30(40)41)7-25(28)39(27)12-16-3-4-42-16/h1-2,5-7,9-10,16H,3-4,8,12-13H2,(H,40,41)/t16-/m0/s1. The average molecular weight is 627 g/mol. The average Bonchev–Trinajstić information content (AvgIpc) is 3.51. The van der Waals surface area contributed by atoms with E-state index in [1.807, 2.05) is 0 Å². The molecular weight excluding hydrogens is 607 g/mol. The first-order valence-corrected chi connectivity index (χ1v) is 13.9. The third-order valence-electron chi connectivity index (χ3n) is 7.10. The molecule has 0 saturated carbocycles. The van der Waals surface area contributed by atoms with Gasteiger partial charge in [0.1, 0.15) is 46.3 Å². The number of aromatic nitrogens is 3. The molecule has 14 heteroatoms. The molecule has 2 aromatic carbocycles. The van der Waals surface area contributed by atoms with E-state index < -0.39 is 47.5 Å². The van der Waals surface area contributed by atoms with Gasteiger partial charge < -0.3 is 19.1 Å². The summed E-state index contributed by atoms with van der Waals surface area (Å²) in [5.74, 6) is -6.00. The van der Waals surface area contributed by atoms with E-state index >= 15 is 8.78 Å². The van der Waals surface area contributed by atoms with Crippen LogP contribution in [0.15, 0.2) is 42.5 Å². The monoisotopic (exact) mass is 626 g/mol. The van der Waals surface area contributed by atoms with Crippen molar-refractivity contribution in [2.24, 2.45) is 0 Å². The summed E-state index contributed by atoms with van der Waals surface area (Å²) in [5.41, 5.74) is -0.821. The largest absolute Gasteiger partial charge is 0.478 e. The third-order valence-corrected chi connectivity index (χ3v) is 8.08. The highest BCUT2D eigenvalue weighted by molar-refractivity contribution is 7.12. The Bertz CT molecular complexity index is 1980. The molecule has 1 atom stereocenters. The topological polar surface area (TPSA) is 110 Å². The Morgan fingerprint density at radius 3 is 2.52 bits per heavy atom. The van der Waals surface area contributed by atoms with Crippen LogP contribution in [-0.2, 0) is 24.3 Å². The molecule has 1 aliphatic rings. The normalized spacial score (nSPS) is 14.4. The smallest absolute Gasteiger partial charge is 0.335 e. The minimum atomic E-state index is -1.33. The number of carbonyl (C=O) groups is 1. The minimum absolute atomic E-state index is 0.0312. The van der Waals surface area contributed by atoms with E-state index in [1.165, 1.54) is 6.07 Å². The summed E-state index contributed by atoms with van der Waals surface area (Å²) < 4.78 is 86.4. The molecule has 0 aliphatic carbocycles. The molecule has 0 unspecified atom stereocenters. The second kappa shape index (κ2) is 11.7. The number of ether oxygens (including phenoxy) is 2. The van der Waals surface area contributed by atoms with Gasteiger partial charge in [-0.15, -0.1) is 11.3 Å². The SMILES string of the molecule is N#Cc1cc(F)c(COc2nc(-c3cc(F)c(Cc4nc5c(F)cc(C(=O)O)cc5n4C[C@@H]4CCO4)cc3F)ccc2F)s1. The predicted molar refractivity (Wildman–Crippen MR) is 147 cm³/mol. The highest BCUT2D eigenvalue weighted by Crippen LogP contribution is 2.31. The molecule has 1 fully saturated rings. The van der Waals surface area contributed by atoms with Gasteiger partial charge in [0.15, 0.2) is 11.6 Å². The Labute approximate surface area is 249 Å². The number of hydrogen-bond donors (Lipinski definition) is 1. The number of imidazole rings is 1. The van der Waals surface area contributed by atoms with E-state index in [1.54, 1.807) is 10.6 Å². The van der Waals surface area contributed by atoms with Gasteiger partial charge >= 0.3 is 5.97 Å². The maximum Gasteiger partial charge on any atom is 0.335 e. The van der Waals surface area contributed by atoms with Crippen LogP contribution in [0, 0.1) is 40.4 Å². The maximum atomic E-state index is 15.4. The summed E-state index contributed by atoms with van der Waals surface area (Å²) in [6.07, 6.45) is 0.198. The van der Waals surface area contributed by atoms with Crippen LogP contribution < -0.4 is 4.74 Å². The number of thiophene rings is 1. The summed E-state index contributed by atoms with van der Waals surface area (Å²) in [5, 5.41) is 18.3. The summed E-state index contributed by atoms with van der Waals surface area (Å²) in [7, 11) is 0. The number of benzene rings is 2. The lowest BCUT2D eigenvalue weighted by molar-refractivity contribution is -0.0589. The van der Waals surface area contributed by atoms with Crippen molar-refractivity contribution in [2.75, 3.05) is 6.61 Å². The molecule has 1 saturated heterocycles. The van der Waals surface area contributed by atoms with Gasteiger partial charge in [-0.05, 0) is 48.4 Å². The second-order valence-electron chi connectivity index (χ2n) is 9.92. The Morgan fingerprint density at radius 2 is 1.84 bits per heavy atom. The highest BCUT2D eigenvalue weighted by Gasteiger charge is 2.25. The zero-order chi connectivity index (χ0) is 31.1. The quantitative estimate of drug-likeness (QED) is 0.189. The fraction of sp³-hybridized carbons (Fsp3) is 0.200. The van der Waals surface area contributed by atoms with Crippen molar-refractivity contribution in [2.45, 2.75) is 32.1 Å². The predicted octanol–water partition coefficient (Wildman–Crippen LogP) is 6.38. The number of halogens is 5. The molecule has 0 bridgehead atoms.